The van der Waals surface area contributed by atoms with Crippen LogP contribution in [0, 0.1) is 0 Å². The van der Waals surface area contributed by atoms with Gasteiger partial charge in [0.25, 0.3) is 0 Å². The highest BCUT2D eigenvalue weighted by Gasteiger charge is 2.40. The molecule has 0 unspecified atom stereocenters. The van der Waals surface area contributed by atoms with Crippen molar-refractivity contribution >= 4 is 6.08 Å². The molecule has 0 N–H and O–H groups in total. The van der Waals surface area contributed by atoms with Gasteiger partial charge in [-0.15, -0.1) is 0 Å². The maximum atomic E-state index is 6.63. The van der Waals surface area contributed by atoms with E-state index in [2.05, 4.69) is 48.6 Å². The van der Waals surface area contributed by atoms with Crippen LogP contribution >= 0.6 is 0 Å². The van der Waals surface area contributed by atoms with Gasteiger partial charge in [-0.05, 0) is 34.4 Å². The molecular weight excluding hydrogens is 512 g/mol. The zero-order valence-electron chi connectivity index (χ0n) is 23.5. The predicted octanol–water partition coefficient (Wildman–Crippen LogP) is 7.25. The van der Waals surface area contributed by atoms with Crippen molar-refractivity contribution in [3.8, 4) is 5.75 Å². The lowest BCUT2D eigenvalue weighted by atomic mass is 9.96. The smallest absolute Gasteiger partial charge is 0.118 e. The third kappa shape index (κ3) is 8.87. The molecule has 4 aromatic carbocycles. The number of ether oxygens (including phenoxy) is 5. The van der Waals surface area contributed by atoms with Crippen molar-refractivity contribution in [1.82, 2.24) is 0 Å². The second-order valence-corrected chi connectivity index (χ2v) is 10.2. The van der Waals surface area contributed by atoms with E-state index in [1.807, 2.05) is 78.9 Å². The zero-order chi connectivity index (χ0) is 28.1. The molecule has 5 rings (SSSR count). The van der Waals surface area contributed by atoms with Crippen molar-refractivity contribution in [2.24, 2.45) is 0 Å². The number of methoxy groups -OCH3 is 1. The fourth-order valence-electron chi connectivity index (χ4n) is 4.94. The first-order valence-corrected chi connectivity index (χ1v) is 14.2. The van der Waals surface area contributed by atoms with Gasteiger partial charge in [-0.3, -0.25) is 0 Å². The summed E-state index contributed by atoms with van der Waals surface area (Å²) in [7, 11) is 1.67. The molecule has 1 aliphatic heterocycles. The Morgan fingerprint density at radius 1 is 0.683 bits per heavy atom. The van der Waals surface area contributed by atoms with E-state index in [1.165, 1.54) is 0 Å². The Morgan fingerprint density at radius 2 is 1.24 bits per heavy atom. The Bertz CT molecular complexity index is 1310. The molecule has 4 atom stereocenters. The van der Waals surface area contributed by atoms with Gasteiger partial charge >= 0.3 is 0 Å². The third-order valence-electron chi connectivity index (χ3n) is 7.15. The van der Waals surface area contributed by atoms with Crippen molar-refractivity contribution in [2.45, 2.75) is 50.7 Å². The zero-order valence-corrected chi connectivity index (χ0v) is 23.5. The van der Waals surface area contributed by atoms with Gasteiger partial charge in [0, 0.05) is 6.42 Å². The van der Waals surface area contributed by atoms with Gasteiger partial charge in [-0.25, -0.2) is 0 Å². The molecule has 1 aliphatic rings. The summed E-state index contributed by atoms with van der Waals surface area (Å²) in [5, 5.41) is 0. The van der Waals surface area contributed by atoms with E-state index in [4.69, 9.17) is 23.7 Å². The van der Waals surface area contributed by atoms with E-state index in [0.29, 0.717) is 32.8 Å². The standard InChI is InChI=1S/C36H38O5/c1-37-32-20-17-28(18-21-32)19-22-33-23-34(39-25-30-13-7-3-8-14-30)36(40-26-31-15-9-4-10-16-31)35(41-33)27-38-24-29-11-5-2-6-12-29/h2-22,33-36H,23-27H2,1H3/b22-19+/t33-,34-,35-,36+/m1/s1. The highest BCUT2D eigenvalue weighted by atomic mass is 16.6. The Morgan fingerprint density at radius 3 is 1.83 bits per heavy atom. The Kier molecular flexibility index (Phi) is 10.7. The molecule has 1 heterocycles. The number of benzene rings is 4. The van der Waals surface area contributed by atoms with Crippen LogP contribution in [0.2, 0.25) is 0 Å². The van der Waals surface area contributed by atoms with Crippen molar-refractivity contribution < 1.29 is 23.7 Å². The molecule has 0 radical (unpaired) electrons. The van der Waals surface area contributed by atoms with Gasteiger partial charge in [0.15, 0.2) is 0 Å². The van der Waals surface area contributed by atoms with Crippen LogP contribution < -0.4 is 4.74 Å². The minimum atomic E-state index is -0.303. The molecule has 0 aliphatic carbocycles. The quantitative estimate of drug-likeness (QED) is 0.175. The minimum Gasteiger partial charge on any atom is -0.497 e. The molecule has 5 heteroatoms. The maximum Gasteiger partial charge on any atom is 0.118 e. The van der Waals surface area contributed by atoms with Crippen LogP contribution in [0.5, 0.6) is 5.75 Å². The van der Waals surface area contributed by atoms with Crippen LogP contribution in [-0.2, 0) is 38.8 Å². The Balaban J connectivity index is 1.34. The molecule has 0 spiro atoms. The Hall–Kier alpha value is -3.74. The summed E-state index contributed by atoms with van der Waals surface area (Å²) in [6.07, 6.45) is 3.95. The summed E-state index contributed by atoms with van der Waals surface area (Å²) in [4.78, 5) is 0. The van der Waals surface area contributed by atoms with E-state index in [1.54, 1.807) is 7.11 Å². The first-order valence-electron chi connectivity index (χ1n) is 14.2. The van der Waals surface area contributed by atoms with Gasteiger partial charge in [-0.2, -0.15) is 0 Å². The van der Waals surface area contributed by atoms with Crippen LogP contribution in [0.4, 0.5) is 0 Å². The lowest BCUT2D eigenvalue weighted by Crippen LogP contribution is -2.52. The van der Waals surface area contributed by atoms with Crippen LogP contribution in [0.1, 0.15) is 28.7 Å². The van der Waals surface area contributed by atoms with Crippen LogP contribution in [-0.4, -0.2) is 38.1 Å². The van der Waals surface area contributed by atoms with Crippen LogP contribution in [0.15, 0.2) is 121 Å². The minimum absolute atomic E-state index is 0.153. The molecule has 1 saturated heterocycles. The molecular formula is C36H38O5. The van der Waals surface area contributed by atoms with Crippen molar-refractivity contribution in [3.63, 3.8) is 0 Å². The molecule has 1 fully saturated rings. The molecule has 212 valence electrons. The van der Waals surface area contributed by atoms with E-state index >= 15 is 0 Å². The molecule has 5 nitrogen and oxygen atoms in total. The van der Waals surface area contributed by atoms with Crippen molar-refractivity contribution in [3.05, 3.63) is 144 Å². The average Bonchev–Trinajstić information content (AvgIpc) is 3.04. The van der Waals surface area contributed by atoms with Crippen LogP contribution in [0.25, 0.3) is 6.08 Å². The topological polar surface area (TPSA) is 46.2 Å². The van der Waals surface area contributed by atoms with Gasteiger partial charge in [0.05, 0.1) is 45.7 Å². The summed E-state index contributed by atoms with van der Waals surface area (Å²) < 4.78 is 31.2. The van der Waals surface area contributed by atoms with Crippen molar-refractivity contribution in [2.75, 3.05) is 13.7 Å². The summed E-state index contributed by atoms with van der Waals surface area (Å²) in [5.74, 6) is 0.833. The lowest BCUT2D eigenvalue weighted by Gasteiger charge is -2.41. The number of hydrogen-bond donors (Lipinski definition) is 0. The van der Waals surface area contributed by atoms with Crippen molar-refractivity contribution in [1.29, 1.82) is 0 Å². The summed E-state index contributed by atoms with van der Waals surface area (Å²) >= 11 is 0. The normalized spacial score (nSPS) is 20.7. The molecule has 4 aromatic rings. The average molecular weight is 551 g/mol. The largest absolute Gasteiger partial charge is 0.497 e. The SMILES string of the molecule is COc1ccc(/C=C/[C@@H]2C[C@@H](OCc3ccccc3)[C@H](OCc3ccccc3)[C@@H](COCc3ccccc3)O2)cc1. The third-order valence-corrected chi connectivity index (χ3v) is 7.15. The first-order chi connectivity index (χ1) is 20.3. The van der Waals surface area contributed by atoms with Gasteiger partial charge < -0.3 is 23.7 Å². The number of hydrogen-bond acceptors (Lipinski definition) is 5. The van der Waals surface area contributed by atoms with E-state index in [-0.39, 0.29) is 24.4 Å². The number of rotatable bonds is 13. The van der Waals surface area contributed by atoms with Gasteiger partial charge in [0.2, 0.25) is 0 Å². The second kappa shape index (κ2) is 15.3. The summed E-state index contributed by atoms with van der Waals surface area (Å²) in [5.41, 5.74) is 4.44. The van der Waals surface area contributed by atoms with E-state index in [9.17, 15) is 0 Å². The highest BCUT2D eigenvalue weighted by molar-refractivity contribution is 5.51. The fourth-order valence-corrected chi connectivity index (χ4v) is 4.94. The monoisotopic (exact) mass is 550 g/mol. The Labute approximate surface area is 243 Å². The fraction of sp³-hybridized carbons (Fsp3) is 0.278. The van der Waals surface area contributed by atoms with E-state index in [0.717, 1.165) is 28.0 Å². The van der Waals surface area contributed by atoms with Crippen LogP contribution in [0.3, 0.4) is 0 Å². The molecule has 0 amide bonds. The second-order valence-electron chi connectivity index (χ2n) is 10.2. The van der Waals surface area contributed by atoms with Gasteiger partial charge in [0.1, 0.15) is 18.0 Å². The molecule has 41 heavy (non-hydrogen) atoms. The van der Waals surface area contributed by atoms with E-state index < -0.39 is 0 Å². The molecule has 0 bridgehead atoms. The molecule has 0 saturated carbocycles. The summed E-state index contributed by atoms with van der Waals surface area (Å²) in [6.45, 7) is 1.88. The first kappa shape index (κ1) is 28.8. The molecule has 0 aromatic heterocycles. The lowest BCUT2D eigenvalue weighted by molar-refractivity contribution is -0.211. The summed E-state index contributed by atoms with van der Waals surface area (Å²) in [6, 6.07) is 38.6. The highest BCUT2D eigenvalue weighted by Crippen LogP contribution is 2.29. The maximum absolute atomic E-state index is 6.63. The van der Waals surface area contributed by atoms with Gasteiger partial charge in [-0.1, -0.05) is 115 Å². The predicted molar refractivity (Wildman–Crippen MR) is 161 cm³/mol.